The summed E-state index contributed by atoms with van der Waals surface area (Å²) in [5, 5.41) is 6.65. The topological polar surface area (TPSA) is 129 Å². The number of methoxy groups -OCH3 is 1. The molecule has 2 aromatic heterocycles. The summed E-state index contributed by atoms with van der Waals surface area (Å²) in [6.45, 7) is 7.99. The zero-order chi connectivity index (χ0) is 30.0. The first-order valence-electron chi connectivity index (χ1n) is 13.8. The van der Waals surface area contributed by atoms with Gasteiger partial charge in [-0.25, -0.2) is 13.4 Å². The lowest BCUT2D eigenvalue weighted by Crippen LogP contribution is -2.44. The Hall–Kier alpha value is -4.23. The first kappa shape index (κ1) is 29.3. The number of likely N-dealkylation sites (N-methyl/N-ethyl adjacent to an activating group) is 1. The third kappa shape index (κ3) is 6.02. The van der Waals surface area contributed by atoms with Gasteiger partial charge in [0.15, 0.2) is 0 Å². The van der Waals surface area contributed by atoms with Crippen molar-refractivity contribution in [2.45, 2.75) is 20.3 Å². The van der Waals surface area contributed by atoms with Crippen LogP contribution in [-0.2, 0) is 16.4 Å². The summed E-state index contributed by atoms with van der Waals surface area (Å²) in [5.74, 6) is 1.59. The highest BCUT2D eigenvalue weighted by molar-refractivity contribution is 7.92. The summed E-state index contributed by atoms with van der Waals surface area (Å²) < 4.78 is 32.1. The molecule has 0 amide bonds. The van der Waals surface area contributed by atoms with Crippen molar-refractivity contribution in [2.24, 2.45) is 0 Å². The summed E-state index contributed by atoms with van der Waals surface area (Å²) >= 11 is 0. The fourth-order valence-corrected chi connectivity index (χ4v) is 5.51. The Kier molecular flexibility index (Phi) is 8.32. The molecule has 0 aliphatic carbocycles. The maximum Gasteiger partial charge on any atom is 0.232 e. The number of aromatic nitrogens is 4. The largest absolute Gasteiger partial charge is 0.494 e. The van der Waals surface area contributed by atoms with E-state index in [0.717, 1.165) is 50.1 Å². The number of hydrogen-bond donors (Lipinski definition) is 2. The fourth-order valence-electron chi connectivity index (χ4n) is 4.99. The van der Waals surface area contributed by atoms with Crippen molar-refractivity contribution in [3.63, 3.8) is 0 Å². The van der Waals surface area contributed by atoms with E-state index in [4.69, 9.17) is 9.72 Å². The van der Waals surface area contributed by atoms with Crippen molar-refractivity contribution in [3.8, 4) is 5.75 Å². The predicted octanol–water partition coefficient (Wildman–Crippen LogP) is 3.93. The molecule has 12 nitrogen and oxygen atoms in total. The van der Waals surface area contributed by atoms with Gasteiger partial charge >= 0.3 is 0 Å². The molecule has 5 rings (SSSR count). The molecule has 222 valence electrons. The number of sulfonamides is 1. The van der Waals surface area contributed by atoms with Crippen molar-refractivity contribution >= 4 is 55.6 Å². The Labute approximate surface area is 246 Å². The summed E-state index contributed by atoms with van der Waals surface area (Å²) in [7, 11) is 1.71. The van der Waals surface area contributed by atoms with Crippen LogP contribution in [0.25, 0.3) is 11.0 Å². The van der Waals surface area contributed by atoms with E-state index in [-0.39, 0.29) is 0 Å². The third-order valence-electron chi connectivity index (χ3n) is 7.52. The molecule has 1 saturated heterocycles. The number of benzene rings is 2. The van der Waals surface area contributed by atoms with Crippen LogP contribution in [0, 0.1) is 6.92 Å². The van der Waals surface area contributed by atoms with Gasteiger partial charge in [-0.2, -0.15) is 4.98 Å². The van der Waals surface area contributed by atoms with Crippen LogP contribution in [0.15, 0.2) is 42.9 Å². The van der Waals surface area contributed by atoms with Crippen molar-refractivity contribution < 1.29 is 13.2 Å². The average molecular weight is 592 g/mol. The molecule has 2 aromatic carbocycles. The Morgan fingerprint density at radius 2 is 1.76 bits per heavy atom. The van der Waals surface area contributed by atoms with Gasteiger partial charge in [-0.1, -0.05) is 6.92 Å². The van der Waals surface area contributed by atoms with E-state index in [2.05, 4.69) is 61.5 Å². The van der Waals surface area contributed by atoms with Gasteiger partial charge in [0.05, 0.1) is 30.3 Å². The van der Waals surface area contributed by atoms with Crippen LogP contribution in [0.3, 0.4) is 0 Å². The average Bonchev–Trinajstić information content (AvgIpc) is 2.98. The molecule has 0 unspecified atom stereocenters. The lowest BCUT2D eigenvalue weighted by atomic mass is 10.1. The number of fused-ring (bicyclic) bond motifs is 1. The Bertz CT molecular complexity index is 1710. The van der Waals surface area contributed by atoms with E-state index in [0.29, 0.717) is 39.9 Å². The number of anilines is 6. The molecule has 1 aliphatic rings. The molecular formula is C29H37N9O3S. The fraction of sp³-hybridized carbons (Fsp3) is 0.379. The maximum atomic E-state index is 12.6. The van der Waals surface area contributed by atoms with Gasteiger partial charge in [-0.15, -0.1) is 0 Å². The van der Waals surface area contributed by atoms with E-state index < -0.39 is 10.0 Å². The van der Waals surface area contributed by atoms with Crippen LogP contribution >= 0.6 is 0 Å². The van der Waals surface area contributed by atoms with Crippen LogP contribution in [-0.4, -0.2) is 86.9 Å². The molecule has 42 heavy (non-hydrogen) atoms. The minimum Gasteiger partial charge on any atom is -0.494 e. The molecule has 1 fully saturated rings. The van der Waals surface area contributed by atoms with Gasteiger partial charge in [0, 0.05) is 69.1 Å². The zero-order valence-electron chi connectivity index (χ0n) is 24.8. The molecule has 0 bridgehead atoms. The van der Waals surface area contributed by atoms with Crippen LogP contribution in [0.5, 0.6) is 5.75 Å². The molecule has 0 radical (unpaired) electrons. The van der Waals surface area contributed by atoms with Crippen molar-refractivity contribution in [1.29, 1.82) is 0 Å². The number of piperazine rings is 1. The van der Waals surface area contributed by atoms with Crippen LogP contribution in [0.1, 0.15) is 18.1 Å². The normalized spacial score (nSPS) is 14.2. The number of nitrogens with zero attached hydrogens (tertiary/aromatic N) is 7. The van der Waals surface area contributed by atoms with Crippen molar-refractivity contribution in [2.75, 3.05) is 73.5 Å². The highest BCUT2D eigenvalue weighted by atomic mass is 32.2. The van der Waals surface area contributed by atoms with Gasteiger partial charge in [0.25, 0.3) is 0 Å². The quantitative estimate of drug-likeness (QED) is 0.294. The van der Waals surface area contributed by atoms with Gasteiger partial charge in [-0.05, 0) is 44.2 Å². The smallest absolute Gasteiger partial charge is 0.232 e. The summed E-state index contributed by atoms with van der Waals surface area (Å²) in [6, 6.07) is 7.75. The Morgan fingerprint density at radius 3 is 2.45 bits per heavy atom. The molecule has 0 atom stereocenters. The first-order valence-corrected chi connectivity index (χ1v) is 15.6. The van der Waals surface area contributed by atoms with Gasteiger partial charge in [0.2, 0.25) is 16.0 Å². The number of ether oxygens (including phenoxy) is 1. The van der Waals surface area contributed by atoms with Crippen molar-refractivity contribution in [1.82, 2.24) is 24.8 Å². The molecule has 13 heteroatoms. The highest BCUT2D eigenvalue weighted by Gasteiger charge is 2.22. The second kappa shape index (κ2) is 11.9. The van der Waals surface area contributed by atoms with E-state index in [1.807, 2.05) is 6.92 Å². The number of rotatable bonds is 9. The van der Waals surface area contributed by atoms with Gasteiger partial charge in [-0.3, -0.25) is 14.3 Å². The lowest BCUT2D eigenvalue weighted by Gasteiger charge is -2.35. The molecular weight excluding hydrogens is 554 g/mol. The van der Waals surface area contributed by atoms with Crippen LogP contribution < -0.4 is 24.6 Å². The molecule has 0 spiro atoms. The predicted molar refractivity (Wildman–Crippen MR) is 168 cm³/mol. The first-order chi connectivity index (χ1) is 20.1. The molecule has 1 aliphatic heterocycles. The molecule has 0 saturated carbocycles. The van der Waals surface area contributed by atoms with Crippen LogP contribution in [0.4, 0.5) is 34.5 Å². The number of aryl methyl sites for hydroxylation is 2. The van der Waals surface area contributed by atoms with Gasteiger partial charge in [0.1, 0.15) is 22.8 Å². The SMILES string of the molecule is CCc1cc(Nc2ncc(C)c(Nc3ccc4nccnc4c3N(C)S(C)(=O)=O)n2)c(OC)cc1N1CCN(C)CC1. The molecule has 2 N–H and O–H groups in total. The van der Waals surface area contributed by atoms with E-state index in [9.17, 15) is 8.42 Å². The van der Waals surface area contributed by atoms with E-state index in [1.165, 1.54) is 28.8 Å². The summed E-state index contributed by atoms with van der Waals surface area (Å²) in [6.07, 6.45) is 6.84. The van der Waals surface area contributed by atoms with Crippen molar-refractivity contribution in [3.05, 3.63) is 54.0 Å². The van der Waals surface area contributed by atoms with E-state index >= 15 is 0 Å². The molecule has 4 aromatic rings. The second-order valence-electron chi connectivity index (χ2n) is 10.4. The monoisotopic (exact) mass is 591 g/mol. The zero-order valence-corrected chi connectivity index (χ0v) is 25.7. The number of nitrogens with one attached hydrogen (secondary N) is 2. The highest BCUT2D eigenvalue weighted by Crippen LogP contribution is 2.37. The minimum absolute atomic E-state index is 0.370. The minimum atomic E-state index is -3.59. The molecule has 3 heterocycles. The standard InChI is InChI=1S/C29H37N9O3S/c1-7-20-16-23(25(41-5)17-24(20)38-14-12-36(3)13-15-38)34-29-32-18-19(2)28(35-29)33-22-9-8-21-26(31-11-10-30-21)27(22)37(4)42(6,39)40/h8-11,16-18H,7,12-15H2,1-6H3,(H2,32,33,34,35). The summed E-state index contributed by atoms with van der Waals surface area (Å²) in [5.41, 5.74) is 5.86. The van der Waals surface area contributed by atoms with Crippen LogP contribution in [0.2, 0.25) is 0 Å². The number of hydrogen-bond acceptors (Lipinski definition) is 11. The lowest BCUT2D eigenvalue weighted by molar-refractivity contribution is 0.312. The Morgan fingerprint density at radius 1 is 1.02 bits per heavy atom. The van der Waals surface area contributed by atoms with Gasteiger partial charge < -0.3 is 25.2 Å². The third-order valence-corrected chi connectivity index (χ3v) is 8.70. The Balaban J connectivity index is 1.49. The second-order valence-corrected chi connectivity index (χ2v) is 12.4. The van der Waals surface area contributed by atoms with E-state index in [1.54, 1.807) is 31.6 Å². The maximum absolute atomic E-state index is 12.6. The summed E-state index contributed by atoms with van der Waals surface area (Å²) in [4.78, 5) is 22.8.